The quantitative estimate of drug-likeness (QED) is 0.523. The number of rotatable bonds is 4. The van der Waals surface area contributed by atoms with Crippen LogP contribution in [-0.4, -0.2) is 35.9 Å². The summed E-state index contributed by atoms with van der Waals surface area (Å²) in [7, 11) is 1.80. The maximum atomic E-state index is 12.3. The second kappa shape index (κ2) is 6.93. The fourth-order valence-corrected chi connectivity index (χ4v) is 3.51. The number of aromatic amines is 1. The summed E-state index contributed by atoms with van der Waals surface area (Å²) in [4.78, 5) is 21.4. The van der Waals surface area contributed by atoms with E-state index in [0.717, 1.165) is 18.2 Å². The summed E-state index contributed by atoms with van der Waals surface area (Å²) in [5.41, 5.74) is 2.86. The summed E-state index contributed by atoms with van der Waals surface area (Å²) in [6.07, 6.45) is 5.13. The summed E-state index contributed by atoms with van der Waals surface area (Å²) < 4.78 is 1.65. The molecule has 4 aromatic rings. The van der Waals surface area contributed by atoms with Crippen molar-refractivity contribution in [3.63, 3.8) is 0 Å². The normalized spacial score (nSPS) is 13.4. The highest BCUT2D eigenvalue weighted by atomic mass is 35.5. The molecule has 0 saturated heterocycles. The third-order valence-electron chi connectivity index (χ3n) is 4.92. The number of benzene rings is 1. The highest BCUT2D eigenvalue weighted by molar-refractivity contribution is 6.35. The average molecular weight is 419 g/mol. The lowest BCUT2D eigenvalue weighted by molar-refractivity contribution is -0.117. The summed E-state index contributed by atoms with van der Waals surface area (Å²) >= 11 is 6.41. The van der Waals surface area contributed by atoms with Crippen LogP contribution in [0, 0.1) is 17.2 Å². The first-order valence-corrected chi connectivity index (χ1v) is 9.67. The van der Waals surface area contributed by atoms with E-state index in [-0.39, 0.29) is 23.3 Å². The van der Waals surface area contributed by atoms with Gasteiger partial charge in [0.1, 0.15) is 23.2 Å². The lowest BCUT2D eigenvalue weighted by Crippen LogP contribution is -2.17. The Balaban J connectivity index is 1.71. The fourth-order valence-electron chi connectivity index (χ4n) is 3.24. The Morgan fingerprint density at radius 2 is 2.17 bits per heavy atom. The maximum Gasteiger partial charge on any atom is 0.228 e. The molecule has 10 heteroatoms. The minimum Gasteiger partial charge on any atom is -0.308 e. The van der Waals surface area contributed by atoms with Gasteiger partial charge >= 0.3 is 0 Å². The van der Waals surface area contributed by atoms with Crippen molar-refractivity contribution in [2.75, 3.05) is 5.32 Å². The number of aryl methyl sites for hydroxylation is 1. The monoisotopic (exact) mass is 418 g/mol. The van der Waals surface area contributed by atoms with E-state index in [1.54, 1.807) is 36.3 Å². The van der Waals surface area contributed by atoms with Crippen LogP contribution in [0.25, 0.3) is 33.5 Å². The molecule has 2 N–H and O–H groups in total. The van der Waals surface area contributed by atoms with E-state index in [0.29, 0.717) is 33.2 Å². The molecule has 1 amide bonds. The van der Waals surface area contributed by atoms with Crippen LogP contribution in [0.4, 0.5) is 5.82 Å². The van der Waals surface area contributed by atoms with Gasteiger partial charge in [-0.3, -0.25) is 14.6 Å². The number of H-pyrrole nitrogens is 1. The molecule has 1 saturated carbocycles. The van der Waals surface area contributed by atoms with Gasteiger partial charge < -0.3 is 5.32 Å². The van der Waals surface area contributed by atoms with Gasteiger partial charge in [-0.15, -0.1) is 0 Å². The number of carbonyl (C=O) groups is 1. The first-order chi connectivity index (χ1) is 14.5. The lowest BCUT2D eigenvalue weighted by Gasteiger charge is -2.12. The lowest BCUT2D eigenvalue weighted by atomic mass is 10.1. The van der Waals surface area contributed by atoms with Crippen molar-refractivity contribution in [1.82, 2.24) is 29.9 Å². The molecule has 1 fully saturated rings. The number of nitriles is 1. The number of amides is 1. The number of carbonyl (C=O) groups excluding carboxylic acids is 1. The van der Waals surface area contributed by atoms with Gasteiger partial charge in [0.15, 0.2) is 11.5 Å². The Labute approximate surface area is 175 Å². The van der Waals surface area contributed by atoms with Crippen LogP contribution >= 0.6 is 11.6 Å². The summed E-state index contributed by atoms with van der Waals surface area (Å²) in [6, 6.07) is 7.44. The predicted molar refractivity (Wildman–Crippen MR) is 110 cm³/mol. The SMILES string of the molecule is Cn1ccc(-c2nc(NC(=O)C3CC3)c(C#N)nc2-c2cc(Cl)c3[nH]ncc3c2)n1. The van der Waals surface area contributed by atoms with Gasteiger partial charge in [-0.05, 0) is 31.0 Å². The molecular formula is C20H15ClN8O. The standard InChI is InChI=1S/C20H15ClN8O/c1-29-5-4-14(28-29)18-17(11-6-12-9-23-27-16(12)13(21)7-11)24-15(8-22)19(25-18)26-20(30)10-2-3-10/h4-7,9-10H,2-3H2,1H3,(H,23,27)(H,25,26,30). The van der Waals surface area contributed by atoms with E-state index in [1.165, 1.54) is 0 Å². The van der Waals surface area contributed by atoms with E-state index in [9.17, 15) is 10.1 Å². The van der Waals surface area contributed by atoms with Gasteiger partial charge in [-0.1, -0.05) is 11.6 Å². The van der Waals surface area contributed by atoms with E-state index in [1.807, 2.05) is 12.1 Å². The first kappa shape index (κ1) is 18.3. The van der Waals surface area contributed by atoms with Crippen LogP contribution in [-0.2, 0) is 11.8 Å². The number of hydrogen-bond donors (Lipinski definition) is 2. The molecular weight excluding hydrogens is 404 g/mol. The van der Waals surface area contributed by atoms with Crippen molar-refractivity contribution < 1.29 is 4.79 Å². The highest BCUT2D eigenvalue weighted by Gasteiger charge is 2.31. The van der Waals surface area contributed by atoms with Gasteiger partial charge in [0, 0.05) is 30.1 Å². The number of nitrogens with zero attached hydrogens (tertiary/aromatic N) is 6. The Kier molecular flexibility index (Phi) is 4.22. The average Bonchev–Trinajstić information content (AvgIpc) is 3.33. The molecule has 0 radical (unpaired) electrons. The van der Waals surface area contributed by atoms with E-state index in [2.05, 4.69) is 30.6 Å². The molecule has 0 atom stereocenters. The molecule has 0 aliphatic heterocycles. The highest BCUT2D eigenvalue weighted by Crippen LogP contribution is 2.35. The summed E-state index contributed by atoms with van der Waals surface area (Å²) in [5.74, 6) is -0.0451. The van der Waals surface area contributed by atoms with Crippen molar-refractivity contribution in [2.45, 2.75) is 12.8 Å². The molecule has 0 bridgehead atoms. The van der Waals surface area contributed by atoms with Gasteiger partial charge in [0.25, 0.3) is 0 Å². The number of halogens is 1. The summed E-state index contributed by atoms with van der Waals surface area (Å²) in [5, 5.41) is 25.0. The molecule has 5 rings (SSSR count). The second-order valence-corrected chi connectivity index (χ2v) is 7.57. The van der Waals surface area contributed by atoms with Crippen molar-refractivity contribution in [1.29, 1.82) is 5.26 Å². The molecule has 3 aromatic heterocycles. The maximum absolute atomic E-state index is 12.3. The van der Waals surface area contributed by atoms with Crippen molar-refractivity contribution in [3.05, 3.63) is 41.3 Å². The van der Waals surface area contributed by atoms with Crippen LogP contribution in [0.3, 0.4) is 0 Å². The number of fused-ring (bicyclic) bond motifs is 1. The zero-order valence-electron chi connectivity index (χ0n) is 15.8. The van der Waals surface area contributed by atoms with Crippen LogP contribution in [0.15, 0.2) is 30.6 Å². The third kappa shape index (κ3) is 3.17. The van der Waals surface area contributed by atoms with Gasteiger partial charge in [0.05, 0.1) is 16.7 Å². The van der Waals surface area contributed by atoms with Crippen LogP contribution in [0.1, 0.15) is 18.5 Å². The minimum atomic E-state index is -0.150. The van der Waals surface area contributed by atoms with E-state index >= 15 is 0 Å². The minimum absolute atomic E-state index is 0.0291. The molecule has 1 aliphatic rings. The number of anilines is 1. The molecule has 0 unspecified atom stereocenters. The molecule has 9 nitrogen and oxygen atoms in total. The summed E-state index contributed by atoms with van der Waals surface area (Å²) in [6.45, 7) is 0. The topological polar surface area (TPSA) is 125 Å². The largest absolute Gasteiger partial charge is 0.308 e. The zero-order valence-corrected chi connectivity index (χ0v) is 16.6. The molecule has 3 heterocycles. The Morgan fingerprint density at radius 1 is 1.33 bits per heavy atom. The van der Waals surface area contributed by atoms with Gasteiger partial charge in [-0.2, -0.15) is 15.5 Å². The number of hydrogen-bond acceptors (Lipinski definition) is 6. The number of aromatic nitrogens is 6. The molecule has 1 aliphatic carbocycles. The Morgan fingerprint density at radius 3 is 2.87 bits per heavy atom. The van der Waals surface area contributed by atoms with Crippen LogP contribution in [0.2, 0.25) is 5.02 Å². The van der Waals surface area contributed by atoms with E-state index in [4.69, 9.17) is 11.6 Å². The molecule has 30 heavy (non-hydrogen) atoms. The Bertz CT molecular complexity index is 1340. The molecule has 0 spiro atoms. The van der Waals surface area contributed by atoms with Gasteiger partial charge in [-0.25, -0.2) is 9.97 Å². The first-order valence-electron chi connectivity index (χ1n) is 9.29. The smallest absolute Gasteiger partial charge is 0.228 e. The number of nitrogens with one attached hydrogen (secondary N) is 2. The molecule has 148 valence electrons. The Hall–Kier alpha value is -3.77. The predicted octanol–water partition coefficient (Wildman–Crippen LogP) is 3.29. The van der Waals surface area contributed by atoms with Gasteiger partial charge in [0.2, 0.25) is 5.91 Å². The fraction of sp³-hybridized carbons (Fsp3) is 0.200. The third-order valence-corrected chi connectivity index (χ3v) is 5.22. The van der Waals surface area contributed by atoms with Crippen molar-refractivity contribution >= 4 is 34.2 Å². The van der Waals surface area contributed by atoms with E-state index < -0.39 is 0 Å². The molecule has 1 aromatic carbocycles. The van der Waals surface area contributed by atoms with Crippen molar-refractivity contribution in [2.24, 2.45) is 13.0 Å². The van der Waals surface area contributed by atoms with Crippen molar-refractivity contribution in [3.8, 4) is 28.7 Å². The van der Waals surface area contributed by atoms with Crippen LogP contribution in [0.5, 0.6) is 0 Å². The zero-order chi connectivity index (χ0) is 20.8. The second-order valence-electron chi connectivity index (χ2n) is 7.16. The van der Waals surface area contributed by atoms with Crippen LogP contribution < -0.4 is 5.32 Å².